The van der Waals surface area contributed by atoms with Gasteiger partial charge in [-0.2, -0.15) is 13.2 Å². The second kappa shape index (κ2) is 5.39. The summed E-state index contributed by atoms with van der Waals surface area (Å²) >= 11 is 3.12. The Kier molecular flexibility index (Phi) is 4.14. The molecular formula is C14H14BrF3O2. The summed E-state index contributed by atoms with van der Waals surface area (Å²) in [5.41, 5.74) is -2.42. The smallest absolute Gasteiger partial charge is 0.416 e. The summed E-state index contributed by atoms with van der Waals surface area (Å²) < 4.78 is 39.8. The number of carbonyl (C=O) groups is 1. The summed E-state index contributed by atoms with van der Waals surface area (Å²) in [6.45, 7) is 0. The number of halogens is 4. The highest BCUT2D eigenvalue weighted by Gasteiger charge is 2.48. The Morgan fingerprint density at radius 3 is 2.30 bits per heavy atom. The van der Waals surface area contributed by atoms with Gasteiger partial charge in [-0.05, 0) is 30.5 Å². The van der Waals surface area contributed by atoms with Crippen molar-refractivity contribution in [3.8, 4) is 0 Å². The zero-order valence-corrected chi connectivity index (χ0v) is 12.2. The van der Waals surface area contributed by atoms with Crippen LogP contribution in [0, 0.1) is 0 Å². The lowest BCUT2D eigenvalue weighted by molar-refractivity contribution is -0.147. The molecule has 0 unspecified atom stereocenters. The summed E-state index contributed by atoms with van der Waals surface area (Å²) in [6, 6.07) is 3.72. The molecule has 2 nitrogen and oxygen atoms in total. The van der Waals surface area contributed by atoms with Gasteiger partial charge >= 0.3 is 12.1 Å². The van der Waals surface area contributed by atoms with E-state index in [-0.39, 0.29) is 22.9 Å². The molecule has 0 aromatic heterocycles. The molecule has 1 aromatic rings. The molecular weight excluding hydrogens is 337 g/mol. The van der Waals surface area contributed by atoms with Crippen LogP contribution < -0.4 is 0 Å². The Labute approximate surface area is 123 Å². The number of carboxylic acids is 1. The van der Waals surface area contributed by atoms with Crippen molar-refractivity contribution in [3.63, 3.8) is 0 Å². The van der Waals surface area contributed by atoms with Crippen LogP contribution in [0.25, 0.3) is 0 Å². The van der Waals surface area contributed by atoms with Gasteiger partial charge in [0.25, 0.3) is 0 Å². The summed E-state index contributed by atoms with van der Waals surface area (Å²) in [5.74, 6) is -1.17. The fourth-order valence-corrected chi connectivity index (χ4v) is 3.72. The number of carboxylic acid groups (broad SMARTS) is 1. The van der Waals surface area contributed by atoms with Gasteiger partial charge < -0.3 is 5.11 Å². The lowest BCUT2D eigenvalue weighted by atomic mass is 9.68. The first-order valence-electron chi connectivity index (χ1n) is 6.38. The Morgan fingerprint density at radius 1 is 1.20 bits per heavy atom. The van der Waals surface area contributed by atoms with E-state index in [1.165, 1.54) is 12.1 Å². The van der Waals surface area contributed by atoms with Crippen molar-refractivity contribution in [2.75, 3.05) is 0 Å². The van der Waals surface area contributed by atoms with Crippen molar-refractivity contribution in [1.29, 1.82) is 0 Å². The molecule has 1 aromatic carbocycles. The zero-order valence-electron chi connectivity index (χ0n) is 10.6. The van der Waals surface area contributed by atoms with Gasteiger partial charge in [-0.15, -0.1) is 0 Å². The van der Waals surface area contributed by atoms with E-state index in [1.54, 1.807) is 0 Å². The standard InChI is InChI=1S/C14H14BrF3O2/c15-10-6-4-5-9(14(16,17)18)11(10)13(12(19)20)7-2-1-3-8-13/h4-6H,1-3,7-8H2,(H,19,20). The third-order valence-corrected chi connectivity index (χ3v) is 4.57. The van der Waals surface area contributed by atoms with Gasteiger partial charge in [0.15, 0.2) is 0 Å². The van der Waals surface area contributed by atoms with E-state index < -0.39 is 23.1 Å². The molecule has 0 atom stereocenters. The monoisotopic (exact) mass is 350 g/mol. The number of alkyl halides is 3. The van der Waals surface area contributed by atoms with Gasteiger partial charge in [0, 0.05) is 4.47 Å². The predicted octanol–water partition coefficient (Wildman–Crippen LogP) is 4.75. The third-order valence-electron chi connectivity index (χ3n) is 3.91. The molecule has 0 saturated heterocycles. The van der Waals surface area contributed by atoms with Crippen LogP contribution in [0.4, 0.5) is 13.2 Å². The number of aliphatic carboxylic acids is 1. The lowest BCUT2D eigenvalue weighted by Crippen LogP contribution is -2.40. The van der Waals surface area contributed by atoms with Crippen molar-refractivity contribution in [1.82, 2.24) is 0 Å². The molecule has 1 aliphatic rings. The van der Waals surface area contributed by atoms with Crippen LogP contribution in [-0.2, 0) is 16.4 Å². The molecule has 1 N–H and O–H groups in total. The second-order valence-electron chi connectivity index (χ2n) is 5.11. The van der Waals surface area contributed by atoms with Crippen LogP contribution in [-0.4, -0.2) is 11.1 Å². The van der Waals surface area contributed by atoms with E-state index in [2.05, 4.69) is 15.9 Å². The zero-order chi connectivity index (χ0) is 15.0. The van der Waals surface area contributed by atoms with Gasteiger partial charge in [-0.25, -0.2) is 0 Å². The van der Waals surface area contributed by atoms with Gasteiger partial charge in [0.1, 0.15) is 0 Å². The van der Waals surface area contributed by atoms with Crippen molar-refractivity contribution in [3.05, 3.63) is 33.8 Å². The van der Waals surface area contributed by atoms with Crippen LogP contribution in [0.3, 0.4) is 0 Å². The molecule has 1 aliphatic carbocycles. The van der Waals surface area contributed by atoms with Crippen molar-refractivity contribution < 1.29 is 23.1 Å². The first-order valence-corrected chi connectivity index (χ1v) is 7.18. The van der Waals surface area contributed by atoms with Crippen molar-refractivity contribution >= 4 is 21.9 Å². The molecule has 6 heteroatoms. The van der Waals surface area contributed by atoms with Crippen LogP contribution in [0.1, 0.15) is 43.2 Å². The fraction of sp³-hybridized carbons (Fsp3) is 0.500. The molecule has 2 rings (SSSR count). The van der Waals surface area contributed by atoms with Crippen molar-refractivity contribution in [2.24, 2.45) is 0 Å². The highest BCUT2D eigenvalue weighted by Crippen LogP contribution is 2.47. The van der Waals surface area contributed by atoms with E-state index in [1.807, 2.05) is 0 Å². The van der Waals surface area contributed by atoms with Crippen LogP contribution in [0.2, 0.25) is 0 Å². The predicted molar refractivity (Wildman–Crippen MR) is 71.5 cm³/mol. The van der Waals surface area contributed by atoms with Gasteiger partial charge in [0.2, 0.25) is 0 Å². The van der Waals surface area contributed by atoms with Crippen LogP contribution in [0.5, 0.6) is 0 Å². The summed E-state index contributed by atoms with van der Waals surface area (Å²) in [4.78, 5) is 11.7. The van der Waals surface area contributed by atoms with Gasteiger partial charge in [-0.3, -0.25) is 4.79 Å². The summed E-state index contributed by atoms with van der Waals surface area (Å²) in [6.07, 6.45) is -1.95. The maximum absolute atomic E-state index is 13.2. The fourth-order valence-electron chi connectivity index (χ4n) is 2.97. The SMILES string of the molecule is O=C(O)C1(c2c(Br)cccc2C(F)(F)F)CCCCC1. The maximum Gasteiger partial charge on any atom is 0.416 e. The Morgan fingerprint density at radius 2 is 1.80 bits per heavy atom. The lowest BCUT2D eigenvalue weighted by Gasteiger charge is -2.36. The largest absolute Gasteiger partial charge is 0.481 e. The highest BCUT2D eigenvalue weighted by atomic mass is 79.9. The van der Waals surface area contributed by atoms with Crippen molar-refractivity contribution in [2.45, 2.75) is 43.7 Å². The van der Waals surface area contributed by atoms with E-state index in [9.17, 15) is 23.1 Å². The minimum absolute atomic E-state index is 0.125. The molecule has 0 heterocycles. The number of hydrogen-bond acceptors (Lipinski definition) is 1. The minimum atomic E-state index is -4.56. The second-order valence-corrected chi connectivity index (χ2v) is 5.96. The Hall–Kier alpha value is -1.04. The molecule has 0 aliphatic heterocycles. The quantitative estimate of drug-likeness (QED) is 0.835. The first kappa shape index (κ1) is 15.4. The molecule has 20 heavy (non-hydrogen) atoms. The van der Waals surface area contributed by atoms with E-state index in [0.29, 0.717) is 12.8 Å². The average molecular weight is 351 g/mol. The van der Waals surface area contributed by atoms with Crippen LogP contribution >= 0.6 is 15.9 Å². The Bertz CT molecular complexity index is 520. The van der Waals surface area contributed by atoms with Gasteiger partial charge in [0.05, 0.1) is 11.0 Å². The van der Waals surface area contributed by atoms with E-state index in [0.717, 1.165) is 12.5 Å². The number of hydrogen-bond donors (Lipinski definition) is 1. The van der Waals surface area contributed by atoms with Crippen LogP contribution in [0.15, 0.2) is 22.7 Å². The van der Waals surface area contributed by atoms with E-state index in [4.69, 9.17) is 0 Å². The molecule has 1 fully saturated rings. The van der Waals surface area contributed by atoms with E-state index >= 15 is 0 Å². The molecule has 0 spiro atoms. The topological polar surface area (TPSA) is 37.3 Å². The molecule has 0 radical (unpaired) electrons. The maximum atomic E-state index is 13.2. The minimum Gasteiger partial charge on any atom is -0.481 e. The third kappa shape index (κ3) is 2.57. The Balaban J connectivity index is 2.68. The highest BCUT2D eigenvalue weighted by molar-refractivity contribution is 9.10. The molecule has 0 bridgehead atoms. The normalized spacial score (nSPS) is 18.8. The molecule has 110 valence electrons. The number of rotatable bonds is 2. The van der Waals surface area contributed by atoms with Gasteiger partial charge in [-0.1, -0.05) is 41.3 Å². The summed E-state index contributed by atoms with van der Waals surface area (Å²) in [7, 11) is 0. The first-order chi connectivity index (χ1) is 9.29. The number of benzene rings is 1. The average Bonchev–Trinajstić information content (AvgIpc) is 2.38. The summed E-state index contributed by atoms with van der Waals surface area (Å²) in [5, 5.41) is 9.57. The molecule has 1 saturated carbocycles. The molecule has 0 amide bonds.